The molecule has 5 aliphatic rings. The van der Waals surface area contributed by atoms with Crippen LogP contribution in [-0.2, 0) is 13.9 Å². The van der Waals surface area contributed by atoms with Gasteiger partial charge in [0.2, 0.25) is 0 Å². The molecule has 7 rings (SSSR count). The van der Waals surface area contributed by atoms with Crippen LogP contribution in [0.15, 0.2) is 60.7 Å². The zero-order chi connectivity index (χ0) is 32.0. The van der Waals surface area contributed by atoms with Crippen molar-refractivity contribution in [3.05, 3.63) is 60.7 Å². The molecule has 10 atom stereocenters. The molecule has 1 aliphatic heterocycles. The summed E-state index contributed by atoms with van der Waals surface area (Å²) in [6, 6.07) is 22.1. The first-order chi connectivity index (χ1) is 21.2. The normalized spacial score (nSPS) is 42.2. The molecule has 1 heterocycles. The molecule has 1 unspecified atom stereocenters. The van der Waals surface area contributed by atoms with Gasteiger partial charge in [-0.25, -0.2) is 0 Å². The van der Waals surface area contributed by atoms with Crippen LogP contribution in [0, 0.1) is 46.8 Å². The number of aliphatic hydroxyl groups is 1. The molecule has 45 heavy (non-hydrogen) atoms. The van der Waals surface area contributed by atoms with E-state index in [1.54, 1.807) is 0 Å². The quantitative estimate of drug-likeness (QED) is 0.291. The first kappa shape index (κ1) is 31.6. The second-order valence-corrected chi connectivity index (χ2v) is 21.4. The fraction of sp³-hybridized carbons (Fsp3) is 0.650. The third-order valence-corrected chi connectivity index (χ3v) is 18.7. The van der Waals surface area contributed by atoms with E-state index in [4.69, 9.17) is 20.3 Å². The van der Waals surface area contributed by atoms with Gasteiger partial charge < -0.3 is 19.0 Å². The van der Waals surface area contributed by atoms with Crippen LogP contribution in [0.25, 0.3) is 0 Å². The number of rotatable bonds is 4. The van der Waals surface area contributed by atoms with Gasteiger partial charge >= 0.3 is 0 Å². The Morgan fingerprint density at radius 2 is 1.38 bits per heavy atom. The Bertz CT molecular complexity index is 1400. The van der Waals surface area contributed by atoms with Gasteiger partial charge in [0.25, 0.3) is 8.32 Å². The highest BCUT2D eigenvalue weighted by Crippen LogP contribution is 2.70. The Morgan fingerprint density at radius 1 is 0.800 bits per heavy atom. The molecule has 2 aromatic rings. The molecule has 0 amide bonds. The number of fused-ring (bicyclic) bond motifs is 8. The van der Waals surface area contributed by atoms with E-state index >= 15 is 0 Å². The predicted molar refractivity (Wildman–Crippen MR) is 183 cm³/mol. The van der Waals surface area contributed by atoms with Gasteiger partial charge in [0.15, 0.2) is 5.79 Å². The average molecular weight is 627 g/mol. The molecule has 4 aliphatic carbocycles. The molecule has 2 aromatic carbocycles. The second-order valence-electron chi connectivity index (χ2n) is 17.1. The van der Waals surface area contributed by atoms with Gasteiger partial charge in [-0.1, -0.05) is 101 Å². The minimum Gasteiger partial charge on any atom is -0.404 e. The lowest BCUT2D eigenvalue weighted by Gasteiger charge is -2.64. The highest BCUT2D eigenvalue weighted by Gasteiger charge is 2.71. The van der Waals surface area contributed by atoms with E-state index in [0.717, 1.165) is 38.5 Å². The van der Waals surface area contributed by atoms with Crippen molar-refractivity contribution >= 4 is 18.7 Å². The second kappa shape index (κ2) is 10.5. The van der Waals surface area contributed by atoms with Crippen molar-refractivity contribution in [1.29, 1.82) is 0 Å². The monoisotopic (exact) mass is 626 g/mol. The van der Waals surface area contributed by atoms with E-state index in [1.165, 1.54) is 10.4 Å². The summed E-state index contributed by atoms with van der Waals surface area (Å²) in [5.74, 6) is 3.77. The fourth-order valence-electron chi connectivity index (χ4n) is 11.4. The molecular formula is C40H54O4Si. The number of hydrogen-bond acceptors (Lipinski definition) is 4. The maximum atomic E-state index is 11.7. The lowest BCUT2D eigenvalue weighted by Crippen LogP contribution is -2.69. The number of hydrogen-bond donors (Lipinski definition) is 1. The van der Waals surface area contributed by atoms with E-state index < -0.39 is 19.7 Å². The van der Waals surface area contributed by atoms with Crippen molar-refractivity contribution in [2.75, 3.05) is 0 Å². The van der Waals surface area contributed by atoms with Gasteiger partial charge in [-0.3, -0.25) is 0 Å². The highest BCUT2D eigenvalue weighted by molar-refractivity contribution is 6.99. The number of terminal acetylenes is 1. The van der Waals surface area contributed by atoms with Crippen LogP contribution in [0.5, 0.6) is 0 Å². The van der Waals surface area contributed by atoms with Crippen LogP contribution in [-0.4, -0.2) is 43.1 Å². The SMILES string of the molecule is C#C[C@]1(O)CC[C@H]2C3[C@H]4OC(C)(C)O[C@@H]4[C@H]4C[C@@H](O[Si](c5ccccc5)(c5ccccc5)C(C)(C)C)CC[C@]4(C)[C@H]3CC[C@@]21C. The molecule has 0 spiro atoms. The van der Waals surface area contributed by atoms with Crippen molar-refractivity contribution in [2.24, 2.45) is 34.5 Å². The molecule has 0 aromatic heterocycles. The van der Waals surface area contributed by atoms with Crippen molar-refractivity contribution in [3.63, 3.8) is 0 Å². The molecule has 5 heteroatoms. The molecule has 0 radical (unpaired) electrons. The van der Waals surface area contributed by atoms with Crippen LogP contribution < -0.4 is 10.4 Å². The topological polar surface area (TPSA) is 47.9 Å². The molecule has 4 saturated carbocycles. The van der Waals surface area contributed by atoms with Crippen molar-refractivity contribution in [3.8, 4) is 12.3 Å². The zero-order valence-electron chi connectivity index (χ0n) is 28.5. The maximum Gasteiger partial charge on any atom is 0.261 e. The molecule has 5 fully saturated rings. The minimum atomic E-state index is -2.68. The van der Waals surface area contributed by atoms with E-state index in [0.29, 0.717) is 30.1 Å². The van der Waals surface area contributed by atoms with Crippen molar-refractivity contribution in [1.82, 2.24) is 0 Å². The van der Waals surface area contributed by atoms with E-state index in [9.17, 15) is 5.11 Å². The van der Waals surface area contributed by atoms with Crippen LogP contribution >= 0.6 is 0 Å². The summed E-state index contributed by atoms with van der Waals surface area (Å²) >= 11 is 0. The van der Waals surface area contributed by atoms with E-state index in [-0.39, 0.29) is 34.2 Å². The molecule has 1 N–H and O–H groups in total. The predicted octanol–water partition coefficient (Wildman–Crippen LogP) is 7.08. The van der Waals surface area contributed by atoms with Crippen molar-refractivity contribution < 1.29 is 19.0 Å². The van der Waals surface area contributed by atoms with Gasteiger partial charge in [0, 0.05) is 11.5 Å². The summed E-state index contributed by atoms with van der Waals surface area (Å²) < 4.78 is 21.6. The van der Waals surface area contributed by atoms with E-state index in [1.807, 2.05) is 0 Å². The summed E-state index contributed by atoms with van der Waals surface area (Å²) in [5, 5.41) is 14.3. The third kappa shape index (κ3) is 4.53. The molecule has 0 bridgehead atoms. The fourth-order valence-corrected chi connectivity index (χ4v) is 16.2. The largest absolute Gasteiger partial charge is 0.404 e. The Kier molecular flexibility index (Phi) is 7.40. The van der Waals surface area contributed by atoms with Gasteiger partial charge in [0.1, 0.15) is 5.60 Å². The van der Waals surface area contributed by atoms with Gasteiger partial charge in [-0.15, -0.1) is 6.42 Å². The van der Waals surface area contributed by atoms with Gasteiger partial charge in [0.05, 0.1) is 12.2 Å². The Labute approximate surface area is 272 Å². The summed E-state index contributed by atoms with van der Waals surface area (Å²) in [4.78, 5) is 0. The summed E-state index contributed by atoms with van der Waals surface area (Å²) in [7, 11) is -2.68. The molecular weight excluding hydrogens is 573 g/mol. The average Bonchev–Trinajstić information content (AvgIpc) is 3.48. The minimum absolute atomic E-state index is 0.0127. The first-order valence-electron chi connectivity index (χ1n) is 17.5. The first-order valence-corrected chi connectivity index (χ1v) is 19.4. The van der Waals surface area contributed by atoms with Gasteiger partial charge in [-0.2, -0.15) is 0 Å². The van der Waals surface area contributed by atoms with Crippen LogP contribution in [0.2, 0.25) is 5.04 Å². The van der Waals surface area contributed by atoms with E-state index in [2.05, 4.69) is 115 Å². The summed E-state index contributed by atoms with van der Waals surface area (Å²) in [6.07, 6.45) is 13.1. The Hall–Kier alpha value is -1.94. The number of benzene rings is 2. The summed E-state index contributed by atoms with van der Waals surface area (Å²) in [5.41, 5.74) is -1.19. The summed E-state index contributed by atoms with van der Waals surface area (Å²) in [6.45, 7) is 16.1. The van der Waals surface area contributed by atoms with Crippen LogP contribution in [0.4, 0.5) is 0 Å². The molecule has 1 saturated heterocycles. The maximum absolute atomic E-state index is 11.7. The molecule has 4 nitrogen and oxygen atoms in total. The van der Waals surface area contributed by atoms with Gasteiger partial charge in [-0.05, 0) is 103 Å². The Balaban J connectivity index is 1.26. The lowest BCUT2D eigenvalue weighted by molar-refractivity contribution is -0.196. The van der Waals surface area contributed by atoms with Crippen molar-refractivity contribution in [2.45, 2.75) is 128 Å². The third-order valence-electron chi connectivity index (χ3n) is 13.6. The highest BCUT2D eigenvalue weighted by atomic mass is 28.4. The van der Waals surface area contributed by atoms with Crippen LogP contribution in [0.1, 0.15) is 93.4 Å². The molecule has 242 valence electrons. The van der Waals surface area contributed by atoms with Crippen LogP contribution in [0.3, 0.4) is 0 Å². The smallest absolute Gasteiger partial charge is 0.261 e. The Morgan fingerprint density at radius 3 is 1.96 bits per heavy atom. The lowest BCUT2D eigenvalue weighted by atomic mass is 9.43. The zero-order valence-corrected chi connectivity index (χ0v) is 29.5. The standard InChI is InChI=1S/C40H54O4Si/c1-9-40(41)25-22-31-33-30(21-24-39(31,40)8)38(7)23-20-27(26-32(38)34-35(33)43-37(5,6)42-34)44-45(36(2,3)4,28-16-12-10-13-17-28)29-18-14-11-15-19-29/h1,10-19,27,30-35,41H,20-26H2,2-8H3/t27-,30-,31-,32+,33?,34+,35+,38+,39-,40-/m0/s1. The number of ether oxygens (including phenoxy) is 2.